The van der Waals surface area contributed by atoms with Crippen LogP contribution in [0.1, 0.15) is 47.7 Å². The Bertz CT molecular complexity index is 741. The molecular weight excluding hydrogens is 356 g/mol. The summed E-state index contributed by atoms with van der Waals surface area (Å²) in [6.07, 6.45) is 5.85. The maximum atomic E-state index is 12.9. The number of aryl methyl sites for hydroxylation is 1. The number of fused-ring (bicyclic) bond motifs is 1. The van der Waals surface area contributed by atoms with Crippen molar-refractivity contribution in [2.75, 3.05) is 19.7 Å². The van der Waals surface area contributed by atoms with Crippen molar-refractivity contribution in [1.29, 1.82) is 0 Å². The molecule has 1 aliphatic heterocycles. The highest BCUT2D eigenvalue weighted by molar-refractivity contribution is 7.09. The predicted octanol–water partition coefficient (Wildman–Crippen LogP) is 2.51. The Morgan fingerprint density at radius 2 is 2.11 bits per heavy atom. The van der Waals surface area contributed by atoms with Crippen molar-refractivity contribution < 1.29 is 14.4 Å². The van der Waals surface area contributed by atoms with Gasteiger partial charge in [0.25, 0.3) is 5.91 Å². The number of hydrogen-bond donors (Lipinski definition) is 2. The number of amides is 1. The van der Waals surface area contributed by atoms with Crippen molar-refractivity contribution >= 4 is 17.2 Å². The summed E-state index contributed by atoms with van der Waals surface area (Å²) in [5, 5.41) is 5.42. The molecule has 0 saturated carbocycles. The molecule has 0 radical (unpaired) electrons. The number of quaternary nitrogens is 1. The van der Waals surface area contributed by atoms with Gasteiger partial charge in [-0.05, 0) is 54.7 Å². The lowest BCUT2D eigenvalue weighted by molar-refractivity contribution is -0.908. The first-order chi connectivity index (χ1) is 13.3. The molecule has 27 heavy (non-hydrogen) atoms. The molecule has 3 atom stereocenters. The van der Waals surface area contributed by atoms with Gasteiger partial charge in [-0.25, -0.2) is 0 Å². The van der Waals surface area contributed by atoms with E-state index in [4.69, 9.17) is 4.74 Å². The van der Waals surface area contributed by atoms with Crippen LogP contribution in [0, 0.1) is 0 Å². The van der Waals surface area contributed by atoms with E-state index in [1.807, 2.05) is 0 Å². The molecule has 2 N–H and O–H groups in total. The molecule has 1 aromatic carbocycles. The van der Waals surface area contributed by atoms with Crippen molar-refractivity contribution in [2.24, 2.45) is 0 Å². The summed E-state index contributed by atoms with van der Waals surface area (Å²) in [5.74, 6) is 0.154. The first kappa shape index (κ1) is 18.7. The van der Waals surface area contributed by atoms with Gasteiger partial charge in [-0.15, -0.1) is 11.3 Å². The highest BCUT2D eigenvalue weighted by Gasteiger charge is 2.26. The van der Waals surface area contributed by atoms with Gasteiger partial charge in [0.2, 0.25) is 0 Å². The van der Waals surface area contributed by atoms with Gasteiger partial charge in [0.05, 0.1) is 10.9 Å². The first-order valence-electron chi connectivity index (χ1n) is 10.1. The lowest BCUT2D eigenvalue weighted by atomic mass is 9.88. The Morgan fingerprint density at radius 3 is 2.93 bits per heavy atom. The number of hydrogen-bond acceptors (Lipinski definition) is 3. The molecule has 0 bridgehead atoms. The number of ether oxygens (including phenoxy) is 1. The fourth-order valence-electron chi connectivity index (χ4n) is 4.37. The number of carbonyl (C=O) groups is 1. The molecule has 5 heteroatoms. The Balaban J connectivity index is 1.39. The van der Waals surface area contributed by atoms with Gasteiger partial charge in [-0.2, -0.15) is 0 Å². The average molecular weight is 386 g/mol. The molecule has 1 unspecified atom stereocenters. The Labute approximate surface area is 165 Å². The van der Waals surface area contributed by atoms with Crippen LogP contribution < -0.4 is 10.2 Å². The summed E-state index contributed by atoms with van der Waals surface area (Å²) >= 11 is 1.77. The molecule has 4 rings (SSSR count). The van der Waals surface area contributed by atoms with Gasteiger partial charge in [-0.1, -0.05) is 30.3 Å². The number of rotatable bonds is 7. The standard InChI is InChI=1S/C22H28N2O2S/c25-22(23-21-11-3-7-17-6-1-2-10-20(17)21)16-24(14-18-8-4-12-26-18)15-19-9-5-13-27-19/h1-2,5-6,9-10,13,18,21H,3-4,7-8,11-12,14-16H2,(H,23,25)/p+1/t18-,21-/m0/s1. The molecule has 0 spiro atoms. The van der Waals surface area contributed by atoms with Crippen molar-refractivity contribution in [1.82, 2.24) is 5.32 Å². The lowest BCUT2D eigenvalue weighted by Crippen LogP contribution is -3.13. The maximum Gasteiger partial charge on any atom is 0.275 e. The second-order valence-corrected chi connectivity index (χ2v) is 8.77. The third-order valence-corrected chi connectivity index (χ3v) is 6.54. The van der Waals surface area contributed by atoms with Crippen molar-refractivity contribution in [3.63, 3.8) is 0 Å². The molecule has 1 saturated heterocycles. The summed E-state index contributed by atoms with van der Waals surface area (Å²) in [6.45, 7) is 3.18. The minimum Gasteiger partial charge on any atom is -0.372 e. The van der Waals surface area contributed by atoms with E-state index in [-0.39, 0.29) is 11.9 Å². The summed E-state index contributed by atoms with van der Waals surface area (Å²) in [4.78, 5) is 15.5. The summed E-state index contributed by atoms with van der Waals surface area (Å²) in [6, 6.07) is 12.9. The fourth-order valence-corrected chi connectivity index (χ4v) is 5.15. The number of benzene rings is 1. The zero-order valence-electron chi connectivity index (χ0n) is 15.8. The van der Waals surface area contributed by atoms with Gasteiger partial charge in [0, 0.05) is 6.61 Å². The number of thiophene rings is 1. The first-order valence-corrected chi connectivity index (χ1v) is 11.0. The summed E-state index contributed by atoms with van der Waals surface area (Å²) in [5.41, 5.74) is 2.69. The van der Waals surface area contributed by atoms with Crippen LogP contribution in [0.4, 0.5) is 0 Å². The second-order valence-electron chi connectivity index (χ2n) is 7.73. The van der Waals surface area contributed by atoms with E-state index in [0.717, 1.165) is 51.8 Å². The third-order valence-electron chi connectivity index (χ3n) is 5.66. The largest absolute Gasteiger partial charge is 0.372 e. The topological polar surface area (TPSA) is 42.8 Å². The predicted molar refractivity (Wildman–Crippen MR) is 108 cm³/mol. The van der Waals surface area contributed by atoms with Crippen LogP contribution in [0.3, 0.4) is 0 Å². The monoisotopic (exact) mass is 385 g/mol. The normalized spacial score (nSPS) is 23.0. The van der Waals surface area contributed by atoms with Gasteiger partial charge in [0.15, 0.2) is 6.54 Å². The van der Waals surface area contributed by atoms with Gasteiger partial charge >= 0.3 is 0 Å². The third kappa shape index (κ3) is 4.98. The van der Waals surface area contributed by atoms with Crippen LogP contribution in [0.5, 0.6) is 0 Å². The van der Waals surface area contributed by atoms with Gasteiger partial charge in [-0.3, -0.25) is 4.79 Å². The van der Waals surface area contributed by atoms with E-state index in [0.29, 0.717) is 12.6 Å². The van der Waals surface area contributed by atoms with Crippen LogP contribution >= 0.6 is 11.3 Å². The highest BCUT2D eigenvalue weighted by atomic mass is 32.1. The molecule has 2 aliphatic rings. The van der Waals surface area contributed by atoms with Crippen LogP contribution in [0.25, 0.3) is 0 Å². The van der Waals surface area contributed by atoms with E-state index >= 15 is 0 Å². The van der Waals surface area contributed by atoms with Crippen molar-refractivity contribution in [3.05, 3.63) is 57.8 Å². The average Bonchev–Trinajstić information content (AvgIpc) is 3.36. The van der Waals surface area contributed by atoms with Crippen molar-refractivity contribution in [2.45, 2.75) is 50.8 Å². The Hall–Kier alpha value is -1.69. The van der Waals surface area contributed by atoms with Crippen LogP contribution in [0.15, 0.2) is 41.8 Å². The van der Waals surface area contributed by atoms with Crippen LogP contribution in [-0.4, -0.2) is 31.7 Å². The molecule has 4 nitrogen and oxygen atoms in total. The number of carbonyl (C=O) groups excluding carboxylic acids is 1. The molecule has 144 valence electrons. The Kier molecular flexibility index (Phi) is 6.22. The minimum atomic E-state index is 0.154. The summed E-state index contributed by atoms with van der Waals surface area (Å²) < 4.78 is 5.83. The minimum absolute atomic E-state index is 0.154. The fraction of sp³-hybridized carbons (Fsp3) is 0.500. The quantitative estimate of drug-likeness (QED) is 0.769. The van der Waals surface area contributed by atoms with Crippen LogP contribution in [0.2, 0.25) is 0 Å². The highest BCUT2D eigenvalue weighted by Crippen LogP contribution is 2.29. The zero-order chi connectivity index (χ0) is 18.5. The van der Waals surface area contributed by atoms with E-state index in [1.54, 1.807) is 11.3 Å². The van der Waals surface area contributed by atoms with E-state index < -0.39 is 0 Å². The second kappa shape index (κ2) is 9.00. The number of nitrogens with one attached hydrogen (secondary N) is 2. The molecular formula is C22H29N2O2S+. The lowest BCUT2D eigenvalue weighted by Gasteiger charge is -2.27. The SMILES string of the molecule is O=C(C[NH+](Cc1cccs1)C[C@@H]1CCCO1)N[C@H]1CCCc2ccccc21. The van der Waals surface area contributed by atoms with E-state index in [2.05, 4.69) is 47.1 Å². The zero-order valence-corrected chi connectivity index (χ0v) is 16.6. The Morgan fingerprint density at radius 1 is 1.19 bits per heavy atom. The van der Waals surface area contributed by atoms with E-state index in [9.17, 15) is 4.79 Å². The molecule has 2 aromatic rings. The van der Waals surface area contributed by atoms with Crippen LogP contribution in [-0.2, 0) is 22.5 Å². The van der Waals surface area contributed by atoms with Gasteiger partial charge < -0.3 is 15.0 Å². The van der Waals surface area contributed by atoms with Gasteiger partial charge in [0.1, 0.15) is 19.2 Å². The van der Waals surface area contributed by atoms with Crippen molar-refractivity contribution in [3.8, 4) is 0 Å². The van der Waals surface area contributed by atoms with E-state index in [1.165, 1.54) is 20.9 Å². The molecule has 1 fully saturated rings. The molecule has 1 aliphatic carbocycles. The summed E-state index contributed by atoms with van der Waals surface area (Å²) in [7, 11) is 0. The molecule has 1 aromatic heterocycles. The molecule has 1 amide bonds. The molecule has 2 heterocycles. The maximum absolute atomic E-state index is 12.9. The smallest absolute Gasteiger partial charge is 0.275 e.